The number of benzene rings is 3. The van der Waals surface area contributed by atoms with E-state index in [4.69, 9.17) is 4.74 Å². The van der Waals surface area contributed by atoms with Gasteiger partial charge in [-0.2, -0.15) is 0 Å². The van der Waals surface area contributed by atoms with Crippen LogP contribution in [0.5, 0.6) is 5.75 Å². The Hall–Kier alpha value is -3.89. The number of aromatic nitrogens is 2. The van der Waals surface area contributed by atoms with Gasteiger partial charge in [0.2, 0.25) is 0 Å². The van der Waals surface area contributed by atoms with E-state index in [1.54, 1.807) is 43.5 Å². The minimum Gasteiger partial charge on any atom is -0.497 e. The molecule has 0 aliphatic rings. The first-order valence-corrected chi connectivity index (χ1v) is 12.1. The van der Waals surface area contributed by atoms with Gasteiger partial charge < -0.3 is 4.74 Å². The van der Waals surface area contributed by atoms with Crippen molar-refractivity contribution in [3.8, 4) is 17.6 Å². The van der Waals surface area contributed by atoms with Gasteiger partial charge >= 0.3 is 0 Å². The molecule has 4 aromatic rings. The molecule has 7 heteroatoms. The highest BCUT2D eigenvalue weighted by molar-refractivity contribution is 7.90. The van der Waals surface area contributed by atoms with Gasteiger partial charge in [-0.3, -0.25) is 9.36 Å². The Kier molecular flexibility index (Phi) is 6.29. The number of nitrogens with zero attached hydrogens (tertiary/aromatic N) is 2. The highest BCUT2D eigenvalue weighted by atomic mass is 32.2. The number of hydrogen-bond acceptors (Lipinski definition) is 5. The summed E-state index contributed by atoms with van der Waals surface area (Å²) in [5.74, 6) is 7.06. The number of fused-ring (bicyclic) bond motifs is 1. The smallest absolute Gasteiger partial charge is 0.261 e. The number of rotatable bonds is 5. The summed E-state index contributed by atoms with van der Waals surface area (Å²) in [6.07, 6.45) is 3.25. The predicted octanol–water partition coefficient (Wildman–Crippen LogP) is 3.45. The number of hydrogen-bond donors (Lipinski definition) is 0. The van der Waals surface area contributed by atoms with Crippen molar-refractivity contribution in [3.63, 3.8) is 0 Å². The van der Waals surface area contributed by atoms with Crippen LogP contribution in [-0.4, -0.2) is 31.3 Å². The Morgan fingerprint density at radius 2 is 1.67 bits per heavy atom. The molecule has 33 heavy (non-hydrogen) atoms. The van der Waals surface area contributed by atoms with Crippen molar-refractivity contribution in [1.82, 2.24) is 9.55 Å². The standard InChI is InChI=1S/C26H22N2O4S/c1-32-22-11-6-19(7-12-22)4-3-5-20-10-15-25-24(16-20)26(29)28(18-27-25)17-21-8-13-23(14-9-21)33(2,30)31/h6-16,18H,4,17H2,1-2H3. The largest absolute Gasteiger partial charge is 0.497 e. The maximum atomic E-state index is 13.0. The fraction of sp³-hybridized carbons (Fsp3) is 0.154. The van der Waals surface area contributed by atoms with Crippen LogP contribution in [0.25, 0.3) is 10.9 Å². The molecular formula is C26H22N2O4S. The lowest BCUT2D eigenvalue weighted by Crippen LogP contribution is -2.21. The number of methoxy groups -OCH3 is 1. The molecule has 3 aromatic carbocycles. The molecule has 0 atom stereocenters. The quantitative estimate of drug-likeness (QED) is 0.428. The third-order valence-electron chi connectivity index (χ3n) is 5.21. The Balaban J connectivity index is 1.56. The minimum absolute atomic E-state index is 0.175. The molecule has 1 aromatic heterocycles. The normalized spacial score (nSPS) is 11.1. The van der Waals surface area contributed by atoms with Crippen molar-refractivity contribution in [3.05, 3.63) is 100 Å². The Labute approximate surface area is 192 Å². The summed E-state index contributed by atoms with van der Waals surface area (Å²) in [7, 11) is -1.63. The lowest BCUT2D eigenvalue weighted by molar-refractivity contribution is 0.414. The van der Waals surface area contributed by atoms with Gasteiger partial charge in [0.1, 0.15) is 5.75 Å². The second-order valence-electron chi connectivity index (χ2n) is 7.65. The van der Waals surface area contributed by atoms with E-state index in [0.717, 1.165) is 28.7 Å². The highest BCUT2D eigenvalue weighted by Gasteiger charge is 2.08. The van der Waals surface area contributed by atoms with E-state index >= 15 is 0 Å². The van der Waals surface area contributed by atoms with Crippen molar-refractivity contribution in [2.24, 2.45) is 0 Å². The monoisotopic (exact) mass is 458 g/mol. The van der Waals surface area contributed by atoms with Gasteiger partial charge in [0.25, 0.3) is 5.56 Å². The summed E-state index contributed by atoms with van der Waals surface area (Å²) < 4.78 is 29.9. The number of sulfone groups is 1. The zero-order valence-corrected chi connectivity index (χ0v) is 19.1. The fourth-order valence-electron chi connectivity index (χ4n) is 3.38. The fourth-order valence-corrected chi connectivity index (χ4v) is 4.01. The molecule has 0 aliphatic carbocycles. The van der Waals surface area contributed by atoms with Crippen LogP contribution in [0.1, 0.15) is 16.7 Å². The maximum Gasteiger partial charge on any atom is 0.261 e. The first kappa shape index (κ1) is 22.3. The van der Waals surface area contributed by atoms with Crippen LogP contribution in [0.15, 0.2) is 82.7 Å². The lowest BCUT2D eigenvalue weighted by atomic mass is 10.1. The first-order chi connectivity index (χ1) is 15.8. The Bertz CT molecular complexity index is 1530. The van der Waals surface area contributed by atoms with Crippen molar-refractivity contribution >= 4 is 20.7 Å². The SMILES string of the molecule is COc1ccc(CC#Cc2ccc3ncn(Cc4ccc(S(C)(=O)=O)cc4)c(=O)c3c2)cc1. The molecule has 0 radical (unpaired) electrons. The lowest BCUT2D eigenvalue weighted by Gasteiger charge is -2.08. The summed E-state index contributed by atoms with van der Waals surface area (Å²) in [5, 5.41) is 0.488. The second-order valence-corrected chi connectivity index (χ2v) is 9.67. The second kappa shape index (κ2) is 9.31. The van der Waals surface area contributed by atoms with Gasteiger partial charge in [0.15, 0.2) is 9.84 Å². The molecular weight excluding hydrogens is 436 g/mol. The molecule has 0 bridgehead atoms. The molecule has 0 spiro atoms. The summed E-state index contributed by atoms with van der Waals surface area (Å²) >= 11 is 0. The molecule has 6 nitrogen and oxygen atoms in total. The molecule has 166 valence electrons. The topological polar surface area (TPSA) is 78.3 Å². The van der Waals surface area contributed by atoms with Crippen LogP contribution < -0.4 is 10.3 Å². The Morgan fingerprint density at radius 3 is 2.33 bits per heavy atom. The van der Waals surface area contributed by atoms with Crippen LogP contribution >= 0.6 is 0 Å². The molecule has 1 heterocycles. The molecule has 0 N–H and O–H groups in total. The van der Waals surface area contributed by atoms with E-state index in [1.807, 2.05) is 30.3 Å². The molecule has 0 saturated carbocycles. The van der Waals surface area contributed by atoms with Crippen LogP contribution in [0.3, 0.4) is 0 Å². The molecule has 0 unspecified atom stereocenters. The Morgan fingerprint density at radius 1 is 0.970 bits per heavy atom. The minimum atomic E-state index is -3.26. The van der Waals surface area contributed by atoms with Crippen molar-refractivity contribution in [2.75, 3.05) is 13.4 Å². The van der Waals surface area contributed by atoms with E-state index in [9.17, 15) is 13.2 Å². The van der Waals surface area contributed by atoms with Gasteiger partial charge in [0, 0.05) is 18.2 Å². The first-order valence-electron chi connectivity index (χ1n) is 10.2. The van der Waals surface area contributed by atoms with E-state index in [-0.39, 0.29) is 10.5 Å². The summed E-state index contributed by atoms with van der Waals surface area (Å²) in [6.45, 7) is 0.291. The van der Waals surface area contributed by atoms with Gasteiger partial charge in [-0.05, 0) is 53.6 Å². The average molecular weight is 459 g/mol. The maximum absolute atomic E-state index is 13.0. The molecule has 0 fully saturated rings. The van der Waals surface area contributed by atoms with E-state index in [1.165, 1.54) is 10.9 Å². The zero-order valence-electron chi connectivity index (χ0n) is 18.3. The molecule has 0 saturated heterocycles. The van der Waals surface area contributed by atoms with Gasteiger partial charge in [0.05, 0.1) is 35.8 Å². The van der Waals surface area contributed by atoms with Gasteiger partial charge in [-0.25, -0.2) is 13.4 Å². The van der Waals surface area contributed by atoms with Crippen LogP contribution in [0.2, 0.25) is 0 Å². The average Bonchev–Trinajstić information content (AvgIpc) is 2.81. The summed E-state index contributed by atoms with van der Waals surface area (Å²) in [6, 6.07) is 19.6. The third kappa shape index (κ3) is 5.30. The zero-order chi connectivity index (χ0) is 23.4. The van der Waals surface area contributed by atoms with Gasteiger partial charge in [-0.1, -0.05) is 36.1 Å². The van der Waals surface area contributed by atoms with E-state index in [0.29, 0.717) is 23.9 Å². The van der Waals surface area contributed by atoms with Crippen molar-refractivity contribution < 1.29 is 13.2 Å². The molecule has 0 amide bonds. The summed E-state index contributed by atoms with van der Waals surface area (Å²) in [5.41, 5.74) is 3.05. The van der Waals surface area contributed by atoms with Crippen molar-refractivity contribution in [1.29, 1.82) is 0 Å². The third-order valence-corrected chi connectivity index (χ3v) is 6.34. The molecule has 4 rings (SSSR count). The highest BCUT2D eigenvalue weighted by Crippen LogP contribution is 2.14. The van der Waals surface area contributed by atoms with Crippen LogP contribution in [-0.2, 0) is 22.8 Å². The molecule has 0 aliphatic heterocycles. The van der Waals surface area contributed by atoms with Crippen LogP contribution in [0.4, 0.5) is 0 Å². The van der Waals surface area contributed by atoms with Gasteiger partial charge in [-0.15, -0.1) is 0 Å². The van der Waals surface area contributed by atoms with E-state index in [2.05, 4.69) is 16.8 Å². The van der Waals surface area contributed by atoms with Crippen molar-refractivity contribution in [2.45, 2.75) is 17.9 Å². The summed E-state index contributed by atoms with van der Waals surface area (Å²) in [4.78, 5) is 17.7. The predicted molar refractivity (Wildman–Crippen MR) is 128 cm³/mol. The number of ether oxygens (including phenoxy) is 1. The van der Waals surface area contributed by atoms with Crippen LogP contribution in [0, 0.1) is 11.8 Å². The van der Waals surface area contributed by atoms with E-state index < -0.39 is 9.84 Å².